The number of rotatable bonds is 7. The van der Waals surface area contributed by atoms with E-state index in [1.807, 2.05) is 0 Å². The quantitative estimate of drug-likeness (QED) is 0.572. The smallest absolute Gasteiger partial charge is 0.304 e. The van der Waals surface area contributed by atoms with Crippen molar-refractivity contribution in [1.82, 2.24) is 9.78 Å². The number of benzene rings is 2. The summed E-state index contributed by atoms with van der Waals surface area (Å²) in [5.41, 5.74) is 0.894. The monoisotopic (exact) mass is 431 g/mol. The summed E-state index contributed by atoms with van der Waals surface area (Å²) >= 11 is 0. The lowest BCUT2D eigenvalue weighted by molar-refractivity contribution is -0.0681. The molecule has 1 unspecified atom stereocenters. The molecule has 29 heavy (non-hydrogen) atoms. The molecule has 0 bridgehead atoms. The normalized spacial score (nSPS) is 13.1. The highest BCUT2D eigenvalue weighted by molar-refractivity contribution is 7.92. The van der Waals surface area contributed by atoms with Gasteiger partial charge in [-0.05, 0) is 30.7 Å². The van der Waals surface area contributed by atoms with Crippen molar-refractivity contribution in [1.29, 1.82) is 0 Å². The van der Waals surface area contributed by atoms with Gasteiger partial charge in [0.25, 0.3) is 6.36 Å². The van der Waals surface area contributed by atoms with Gasteiger partial charge < -0.3 is 4.74 Å². The van der Waals surface area contributed by atoms with Crippen LogP contribution >= 0.6 is 0 Å². The highest BCUT2D eigenvalue weighted by atomic mass is 32.2. The summed E-state index contributed by atoms with van der Waals surface area (Å²) in [6.45, 7) is 1.48. The largest absolute Gasteiger partial charge is 0.451 e. The van der Waals surface area contributed by atoms with Crippen LogP contribution < -0.4 is 9.46 Å². The number of nitrogens with one attached hydrogen (secondary N) is 1. The fourth-order valence-corrected chi connectivity index (χ4v) is 3.33. The highest BCUT2D eigenvalue weighted by Gasteiger charge is 2.25. The van der Waals surface area contributed by atoms with Crippen molar-refractivity contribution in [3.63, 3.8) is 0 Å². The Hall–Kier alpha value is -2.82. The van der Waals surface area contributed by atoms with Crippen LogP contribution in [0.1, 0.15) is 6.92 Å². The first-order valence-corrected chi connectivity index (χ1v) is 10.1. The molecule has 1 N–H and O–H groups in total. The van der Waals surface area contributed by atoms with Gasteiger partial charge in [-0.3, -0.25) is 9.40 Å². The molecule has 6 nitrogen and oxygen atoms in total. The van der Waals surface area contributed by atoms with E-state index in [9.17, 15) is 26.0 Å². The zero-order chi connectivity index (χ0) is 21.3. The minimum Gasteiger partial charge on any atom is -0.451 e. The van der Waals surface area contributed by atoms with Crippen molar-refractivity contribution < 1.29 is 30.7 Å². The van der Waals surface area contributed by atoms with Crippen molar-refractivity contribution in [2.24, 2.45) is 7.05 Å². The zero-order valence-corrected chi connectivity index (χ0v) is 16.2. The number of para-hydroxylation sites is 1. The number of fused-ring (bicyclic) bond motifs is 1. The van der Waals surface area contributed by atoms with E-state index in [1.54, 1.807) is 19.2 Å². The Morgan fingerprint density at radius 3 is 2.59 bits per heavy atom. The first-order valence-electron chi connectivity index (χ1n) is 8.48. The van der Waals surface area contributed by atoms with Crippen molar-refractivity contribution in [2.75, 3.05) is 10.5 Å². The van der Waals surface area contributed by atoms with E-state index in [0.29, 0.717) is 16.5 Å². The molecule has 2 aromatic carbocycles. The standard InChI is InChI=1S/C18H17F4N3O3S/c1-3-29(26,27)24-18-12-8-7-10(9-14(12)25(2)23-18)11-5-4-6-13(19)15(11)28-17(22)16(20)21/h4-9,16-17H,3H2,1-2H3,(H,23,24). The number of sulfonamides is 1. The fourth-order valence-electron chi connectivity index (χ4n) is 2.74. The second-order valence-corrected chi connectivity index (χ2v) is 8.14. The van der Waals surface area contributed by atoms with E-state index in [0.717, 1.165) is 6.07 Å². The van der Waals surface area contributed by atoms with Crippen molar-refractivity contribution in [2.45, 2.75) is 19.7 Å². The first kappa shape index (κ1) is 20.9. The number of halogens is 4. The molecule has 1 aromatic heterocycles. The van der Waals surface area contributed by atoms with E-state index in [2.05, 4.69) is 14.6 Å². The molecule has 156 valence electrons. The number of hydrogen-bond donors (Lipinski definition) is 1. The molecular formula is C18H17F4N3O3S. The summed E-state index contributed by atoms with van der Waals surface area (Å²) in [5, 5.41) is 4.61. The average molecular weight is 431 g/mol. The van der Waals surface area contributed by atoms with Crippen LogP contribution in [0.5, 0.6) is 5.75 Å². The molecule has 0 aliphatic rings. The van der Waals surface area contributed by atoms with Crippen molar-refractivity contribution >= 4 is 26.7 Å². The third kappa shape index (κ3) is 4.29. The van der Waals surface area contributed by atoms with Gasteiger partial charge >= 0.3 is 6.43 Å². The van der Waals surface area contributed by atoms with Crippen molar-refractivity contribution in [3.05, 3.63) is 42.2 Å². The molecule has 11 heteroatoms. The zero-order valence-electron chi connectivity index (χ0n) is 15.4. The number of aryl methyl sites for hydroxylation is 1. The number of aromatic nitrogens is 2. The Balaban J connectivity index is 2.08. The average Bonchev–Trinajstić information content (AvgIpc) is 2.97. The van der Waals surface area contributed by atoms with Crippen LogP contribution in [0.2, 0.25) is 0 Å². The van der Waals surface area contributed by atoms with Crippen LogP contribution in [-0.4, -0.2) is 36.7 Å². The molecule has 1 atom stereocenters. The molecule has 0 fully saturated rings. The Morgan fingerprint density at radius 2 is 1.93 bits per heavy atom. The van der Waals surface area contributed by atoms with Crippen LogP contribution in [0.15, 0.2) is 36.4 Å². The Labute approximate surface area is 164 Å². The summed E-state index contributed by atoms with van der Waals surface area (Å²) in [4.78, 5) is 0. The van der Waals surface area contributed by atoms with Gasteiger partial charge in [-0.25, -0.2) is 21.6 Å². The van der Waals surface area contributed by atoms with Gasteiger partial charge in [-0.1, -0.05) is 18.2 Å². The maximum atomic E-state index is 14.2. The lowest BCUT2D eigenvalue weighted by atomic mass is 10.0. The van der Waals surface area contributed by atoms with Crippen LogP contribution in [0.4, 0.5) is 23.4 Å². The maximum absolute atomic E-state index is 14.2. The molecule has 1 heterocycles. The number of anilines is 1. The third-order valence-electron chi connectivity index (χ3n) is 4.19. The number of hydrogen-bond acceptors (Lipinski definition) is 4. The topological polar surface area (TPSA) is 73.2 Å². The van der Waals surface area contributed by atoms with E-state index < -0.39 is 34.4 Å². The van der Waals surface area contributed by atoms with Gasteiger partial charge in [0.1, 0.15) is 0 Å². The van der Waals surface area contributed by atoms with Crippen LogP contribution in [0.3, 0.4) is 0 Å². The molecule has 0 saturated carbocycles. The minimum absolute atomic E-state index is 0.0621. The summed E-state index contributed by atoms with van der Waals surface area (Å²) in [7, 11) is -1.98. The third-order valence-corrected chi connectivity index (χ3v) is 5.45. The summed E-state index contributed by atoms with van der Waals surface area (Å²) in [6.07, 6.45) is -6.42. The van der Waals surface area contributed by atoms with Gasteiger partial charge in [0.2, 0.25) is 10.0 Å². The first-order chi connectivity index (χ1) is 13.6. The van der Waals surface area contributed by atoms with Gasteiger partial charge in [-0.2, -0.15) is 9.49 Å². The van der Waals surface area contributed by atoms with Gasteiger partial charge in [-0.15, -0.1) is 0 Å². The number of nitrogens with zero attached hydrogens (tertiary/aromatic N) is 2. The van der Waals surface area contributed by atoms with Gasteiger partial charge in [0.05, 0.1) is 11.3 Å². The van der Waals surface area contributed by atoms with E-state index >= 15 is 0 Å². The molecule has 0 saturated heterocycles. The highest BCUT2D eigenvalue weighted by Crippen LogP contribution is 2.36. The van der Waals surface area contributed by atoms with Crippen LogP contribution in [-0.2, 0) is 17.1 Å². The predicted molar refractivity (Wildman–Crippen MR) is 101 cm³/mol. The second-order valence-electron chi connectivity index (χ2n) is 6.13. The van der Waals surface area contributed by atoms with Gasteiger partial charge in [0.15, 0.2) is 17.4 Å². The molecule has 0 amide bonds. The Morgan fingerprint density at radius 1 is 1.21 bits per heavy atom. The van der Waals surface area contributed by atoms with Crippen LogP contribution in [0, 0.1) is 5.82 Å². The fraction of sp³-hybridized carbons (Fsp3) is 0.278. The summed E-state index contributed by atoms with van der Waals surface area (Å²) < 4.78 is 84.5. The Bertz CT molecular complexity index is 1150. The molecule has 0 radical (unpaired) electrons. The summed E-state index contributed by atoms with van der Waals surface area (Å²) in [6, 6.07) is 8.29. The Kier molecular flexibility index (Phi) is 5.69. The lowest BCUT2D eigenvalue weighted by Crippen LogP contribution is -2.20. The van der Waals surface area contributed by atoms with Gasteiger partial charge in [0, 0.05) is 18.0 Å². The maximum Gasteiger partial charge on any atom is 0.304 e. The van der Waals surface area contributed by atoms with Crippen LogP contribution in [0.25, 0.3) is 22.0 Å². The lowest BCUT2D eigenvalue weighted by Gasteiger charge is -2.15. The number of ether oxygens (including phenoxy) is 1. The molecule has 0 spiro atoms. The van der Waals surface area contributed by atoms with E-state index in [-0.39, 0.29) is 17.1 Å². The predicted octanol–water partition coefficient (Wildman–Crippen LogP) is 4.08. The minimum atomic E-state index is -3.56. The molecule has 0 aliphatic heterocycles. The molecule has 3 aromatic rings. The number of alkyl halides is 3. The SMILES string of the molecule is CCS(=O)(=O)Nc1nn(C)c2cc(-c3cccc(F)c3OC(F)C(F)F)ccc12. The molecular weight excluding hydrogens is 414 g/mol. The molecule has 0 aliphatic carbocycles. The van der Waals surface area contributed by atoms with E-state index in [1.165, 1.54) is 29.8 Å². The second kappa shape index (κ2) is 7.90. The van der Waals surface area contributed by atoms with Crippen molar-refractivity contribution in [3.8, 4) is 16.9 Å². The summed E-state index contributed by atoms with van der Waals surface area (Å²) in [5.74, 6) is -1.66. The van der Waals surface area contributed by atoms with E-state index in [4.69, 9.17) is 0 Å². The molecule has 3 rings (SSSR count).